The average molecular weight is 466 g/mol. The fraction of sp³-hybridized carbons (Fsp3) is 0.571. The Balaban J connectivity index is 1.13. The van der Waals surface area contributed by atoms with Crippen LogP contribution in [0.25, 0.3) is 0 Å². The number of carbonyl (C=O) groups excluding carboxylic acids is 1. The molecular weight excluding hydrogens is 426 g/mol. The van der Waals surface area contributed by atoms with Crippen molar-refractivity contribution in [2.24, 2.45) is 5.92 Å². The van der Waals surface area contributed by atoms with Crippen molar-refractivity contribution in [3.63, 3.8) is 0 Å². The van der Waals surface area contributed by atoms with Crippen LogP contribution in [0.5, 0.6) is 0 Å². The summed E-state index contributed by atoms with van der Waals surface area (Å²) in [5.41, 5.74) is 3.11. The number of ether oxygens (including phenoxy) is 2. The number of pyridine rings is 1. The third-order valence-corrected chi connectivity index (χ3v) is 7.15. The van der Waals surface area contributed by atoms with Gasteiger partial charge in [-0.1, -0.05) is 30.3 Å². The lowest BCUT2D eigenvalue weighted by Gasteiger charge is -2.32. The minimum Gasteiger partial charge on any atom is -0.381 e. The van der Waals surface area contributed by atoms with Crippen molar-refractivity contribution >= 4 is 5.91 Å². The van der Waals surface area contributed by atoms with Gasteiger partial charge >= 0.3 is 0 Å². The zero-order valence-electron chi connectivity index (χ0n) is 20.3. The fourth-order valence-corrected chi connectivity index (χ4v) is 4.96. The molecule has 3 heterocycles. The molecule has 1 aromatic carbocycles. The monoisotopic (exact) mass is 465 g/mol. The van der Waals surface area contributed by atoms with Crippen molar-refractivity contribution in [3.05, 3.63) is 65.5 Å². The third kappa shape index (κ3) is 7.90. The van der Waals surface area contributed by atoms with Crippen molar-refractivity contribution in [2.75, 3.05) is 46.0 Å². The summed E-state index contributed by atoms with van der Waals surface area (Å²) in [6, 6.07) is 12.7. The molecule has 1 aromatic heterocycles. The van der Waals surface area contributed by atoms with E-state index in [1.165, 1.54) is 31.2 Å². The smallest absolute Gasteiger partial charge is 0.253 e. The Morgan fingerprint density at radius 3 is 2.65 bits per heavy atom. The first kappa shape index (κ1) is 24.8. The number of benzene rings is 1. The lowest BCUT2D eigenvalue weighted by Crippen LogP contribution is -2.39. The van der Waals surface area contributed by atoms with Crippen LogP contribution in [-0.4, -0.2) is 67.9 Å². The summed E-state index contributed by atoms with van der Waals surface area (Å²) in [5, 5.41) is 3.11. The molecule has 0 atom stereocenters. The van der Waals surface area contributed by atoms with E-state index < -0.39 is 0 Å². The number of piperidine rings is 1. The van der Waals surface area contributed by atoms with Crippen molar-refractivity contribution in [3.8, 4) is 0 Å². The first-order valence-electron chi connectivity index (χ1n) is 12.9. The van der Waals surface area contributed by atoms with Gasteiger partial charge in [0.15, 0.2) is 0 Å². The SMILES string of the molecule is O=C(NCCN1CCC(CCc2ccccc2)CC1)c1cnccc1CCOC1CCOCC1. The Morgan fingerprint density at radius 2 is 1.85 bits per heavy atom. The molecule has 1 amide bonds. The van der Waals surface area contributed by atoms with Crippen molar-refractivity contribution in [2.45, 2.75) is 51.0 Å². The van der Waals surface area contributed by atoms with Gasteiger partial charge in [-0.25, -0.2) is 0 Å². The topological polar surface area (TPSA) is 63.7 Å². The summed E-state index contributed by atoms with van der Waals surface area (Å²) in [7, 11) is 0. The maximum Gasteiger partial charge on any atom is 0.253 e. The second-order valence-electron chi connectivity index (χ2n) is 9.53. The molecule has 2 fully saturated rings. The maximum atomic E-state index is 12.8. The molecule has 2 saturated heterocycles. The standard InChI is InChI=1S/C28H39N3O3/c32-28(27-22-29-14-8-25(27)11-21-34-26-12-19-33-20-13-26)30-15-18-31-16-9-24(10-17-31)7-6-23-4-2-1-3-5-23/h1-5,8,14,22,24,26H,6-7,9-13,15-21H2,(H,30,32). The summed E-state index contributed by atoms with van der Waals surface area (Å²) in [5.74, 6) is 0.777. The number of rotatable bonds is 11. The van der Waals surface area contributed by atoms with Crippen LogP contribution >= 0.6 is 0 Å². The van der Waals surface area contributed by atoms with Gasteiger partial charge in [0.1, 0.15) is 0 Å². The Bertz CT molecular complexity index is 862. The molecule has 0 radical (unpaired) electrons. The second-order valence-corrected chi connectivity index (χ2v) is 9.53. The number of aryl methyl sites for hydroxylation is 1. The van der Waals surface area contributed by atoms with Gasteiger partial charge in [-0.15, -0.1) is 0 Å². The Kier molecular flexibility index (Phi) is 9.91. The summed E-state index contributed by atoms with van der Waals surface area (Å²) in [6.07, 6.45) is 11.3. The first-order chi connectivity index (χ1) is 16.8. The summed E-state index contributed by atoms with van der Waals surface area (Å²) < 4.78 is 11.4. The number of aromatic nitrogens is 1. The van der Waals surface area contributed by atoms with Crippen LogP contribution in [0.4, 0.5) is 0 Å². The molecule has 4 rings (SSSR count). The summed E-state index contributed by atoms with van der Waals surface area (Å²) >= 11 is 0. The van der Waals surface area contributed by atoms with Crippen LogP contribution in [0.2, 0.25) is 0 Å². The van der Waals surface area contributed by atoms with Gasteiger partial charge < -0.3 is 19.7 Å². The predicted molar refractivity (Wildman–Crippen MR) is 134 cm³/mol. The number of hydrogen-bond acceptors (Lipinski definition) is 5. The number of amides is 1. The van der Waals surface area contributed by atoms with E-state index in [1.54, 1.807) is 12.4 Å². The molecule has 0 bridgehead atoms. The number of likely N-dealkylation sites (tertiary alicyclic amines) is 1. The van der Waals surface area contributed by atoms with Gasteiger partial charge in [0.25, 0.3) is 5.91 Å². The van der Waals surface area contributed by atoms with Crippen LogP contribution < -0.4 is 5.32 Å². The van der Waals surface area contributed by atoms with Gasteiger partial charge in [-0.3, -0.25) is 9.78 Å². The van der Waals surface area contributed by atoms with Gasteiger partial charge in [0.2, 0.25) is 0 Å². The van der Waals surface area contributed by atoms with Crippen molar-refractivity contribution in [1.82, 2.24) is 15.2 Å². The molecule has 0 spiro atoms. The molecule has 2 aromatic rings. The number of nitrogens with one attached hydrogen (secondary N) is 1. The van der Waals surface area contributed by atoms with Gasteiger partial charge in [-0.05, 0) is 81.1 Å². The highest BCUT2D eigenvalue weighted by atomic mass is 16.5. The molecule has 2 aliphatic rings. The minimum atomic E-state index is -0.0353. The fourth-order valence-electron chi connectivity index (χ4n) is 4.96. The Morgan fingerprint density at radius 1 is 1.06 bits per heavy atom. The zero-order valence-corrected chi connectivity index (χ0v) is 20.3. The van der Waals surface area contributed by atoms with E-state index in [2.05, 4.69) is 45.5 Å². The lowest BCUT2D eigenvalue weighted by atomic mass is 9.90. The van der Waals surface area contributed by atoms with E-state index in [-0.39, 0.29) is 12.0 Å². The van der Waals surface area contributed by atoms with E-state index in [0.29, 0.717) is 18.7 Å². The average Bonchev–Trinajstić information content (AvgIpc) is 2.90. The highest BCUT2D eigenvalue weighted by Crippen LogP contribution is 2.22. The highest BCUT2D eigenvalue weighted by molar-refractivity contribution is 5.95. The van der Waals surface area contributed by atoms with Crippen LogP contribution in [0.15, 0.2) is 48.8 Å². The van der Waals surface area contributed by atoms with E-state index in [9.17, 15) is 4.79 Å². The normalized spacial score (nSPS) is 18.1. The largest absolute Gasteiger partial charge is 0.381 e. The van der Waals surface area contributed by atoms with Crippen molar-refractivity contribution in [1.29, 1.82) is 0 Å². The van der Waals surface area contributed by atoms with Crippen LogP contribution in [0, 0.1) is 5.92 Å². The summed E-state index contributed by atoms with van der Waals surface area (Å²) in [4.78, 5) is 19.5. The number of hydrogen-bond donors (Lipinski definition) is 1. The zero-order chi connectivity index (χ0) is 23.4. The molecule has 6 nitrogen and oxygen atoms in total. The second kappa shape index (κ2) is 13.6. The van der Waals surface area contributed by atoms with Crippen molar-refractivity contribution < 1.29 is 14.3 Å². The number of carbonyl (C=O) groups is 1. The van der Waals surface area contributed by atoms with Gasteiger partial charge in [0.05, 0.1) is 18.3 Å². The van der Waals surface area contributed by atoms with Crippen LogP contribution in [0.3, 0.4) is 0 Å². The Hall–Kier alpha value is -2.28. The third-order valence-electron chi connectivity index (χ3n) is 7.15. The molecule has 0 unspecified atom stereocenters. The molecule has 0 aliphatic carbocycles. The Labute approximate surface area is 204 Å². The highest BCUT2D eigenvalue weighted by Gasteiger charge is 2.19. The molecular formula is C28H39N3O3. The molecule has 184 valence electrons. The summed E-state index contributed by atoms with van der Waals surface area (Å²) in [6.45, 7) is 5.99. The van der Waals surface area contributed by atoms with Crippen LogP contribution in [0.1, 0.15) is 53.6 Å². The molecule has 2 aliphatic heterocycles. The molecule has 0 saturated carbocycles. The quantitative estimate of drug-likeness (QED) is 0.545. The molecule has 6 heteroatoms. The lowest BCUT2D eigenvalue weighted by molar-refractivity contribution is -0.0307. The maximum absolute atomic E-state index is 12.8. The minimum absolute atomic E-state index is 0.0353. The van der Waals surface area contributed by atoms with Gasteiger partial charge in [-0.2, -0.15) is 0 Å². The molecule has 1 N–H and O–H groups in total. The predicted octanol–water partition coefficient (Wildman–Crippen LogP) is 3.89. The van der Waals surface area contributed by atoms with E-state index in [0.717, 1.165) is 63.6 Å². The van der Waals surface area contributed by atoms with Crippen LogP contribution in [-0.2, 0) is 22.3 Å². The molecule has 34 heavy (non-hydrogen) atoms. The first-order valence-corrected chi connectivity index (χ1v) is 12.9. The van der Waals surface area contributed by atoms with Gasteiger partial charge in [0, 0.05) is 38.7 Å². The van der Waals surface area contributed by atoms with E-state index >= 15 is 0 Å². The van der Waals surface area contributed by atoms with E-state index in [4.69, 9.17) is 9.47 Å². The number of nitrogens with zero attached hydrogens (tertiary/aromatic N) is 2. The van der Waals surface area contributed by atoms with E-state index in [1.807, 2.05) is 6.07 Å².